The maximum absolute atomic E-state index is 6.51. The van der Waals surface area contributed by atoms with Crippen molar-refractivity contribution < 1.29 is 56.8 Å². The second kappa shape index (κ2) is 19.7. The maximum atomic E-state index is 6.51. The Kier molecular flexibility index (Phi) is 14.0. The van der Waals surface area contributed by atoms with Crippen LogP contribution < -0.4 is 56.4 Å². The standard InChI is InChI=1S/C42H38O12S6.2C2H6.C2H4/c1-5-18-19-20(44-7-6-43-19)31(55-18)32-21-22(46-9-8-45-21)33(56-32)34-23-24(48-11-10-47-23)35(57-34)36-25-26(50-13-12-49-25)37(58-36)38-27-28(52-15-14-51-27)39(59-38)40-29-30(54-17-16-53-29)41(60-40)42(2,3)4;3*1-2/h5,41H,6-17H2,1-4H3;2*1-2H3;1-2H2/b18-5+,32-31+,34-33+,36-35+,38-37+,40-39+;;;. The second-order valence-electron chi connectivity index (χ2n) is 15.5. The van der Waals surface area contributed by atoms with Gasteiger partial charge in [-0.3, -0.25) is 0 Å². The molecule has 12 rings (SSSR count). The van der Waals surface area contributed by atoms with Gasteiger partial charge in [0.25, 0.3) is 0 Å². The van der Waals surface area contributed by atoms with E-state index in [4.69, 9.17) is 56.8 Å². The summed E-state index contributed by atoms with van der Waals surface area (Å²) in [6, 6.07) is 0. The molecule has 12 heterocycles. The quantitative estimate of drug-likeness (QED) is 0.137. The minimum atomic E-state index is -0.0597. The molecular formula is C48H54O12S6. The molecule has 0 bridgehead atoms. The highest BCUT2D eigenvalue weighted by atomic mass is 32.2. The summed E-state index contributed by atoms with van der Waals surface area (Å²) in [5.74, 6) is 8.76. The summed E-state index contributed by atoms with van der Waals surface area (Å²) in [5.41, 5.74) is -0.0597. The lowest BCUT2D eigenvalue weighted by atomic mass is 9.90. The zero-order chi connectivity index (χ0) is 46.3. The second-order valence-corrected chi connectivity index (χ2v) is 21.7. The van der Waals surface area contributed by atoms with E-state index in [-0.39, 0.29) is 10.7 Å². The number of hydrogen-bond acceptors (Lipinski definition) is 18. The van der Waals surface area contributed by atoms with Crippen molar-refractivity contribution in [3.8, 4) is 57.5 Å². The SMILES string of the molecule is C/C=c1/s/c(=c2/s/c(=c3/s/c(=c4/s/c(=c5/s/c(=C6/SC(C(C)(C)C)C7=C6OCCO7)c6c5OCCO6)c5c4OCCO5)c4c3OCCO4)c3c2OCCO3)c2c1OCCO2.C=C.CC.CC. The highest BCUT2D eigenvalue weighted by Gasteiger charge is 2.43. The Morgan fingerprint density at radius 1 is 0.394 bits per heavy atom. The molecule has 1 unspecified atom stereocenters. The zero-order valence-electron chi connectivity index (χ0n) is 38.4. The predicted molar refractivity (Wildman–Crippen MR) is 264 cm³/mol. The van der Waals surface area contributed by atoms with Crippen LogP contribution >= 0.6 is 68.4 Å². The summed E-state index contributed by atoms with van der Waals surface area (Å²) in [5, 5.41) is 0.0973. The van der Waals surface area contributed by atoms with Gasteiger partial charge in [-0.25, -0.2) is 0 Å². The molecule has 66 heavy (non-hydrogen) atoms. The first-order chi connectivity index (χ1) is 32.4. The van der Waals surface area contributed by atoms with Gasteiger partial charge in [0.05, 0.1) is 55.5 Å². The highest BCUT2D eigenvalue weighted by Crippen LogP contribution is 2.54. The Morgan fingerprint density at radius 2 is 0.667 bits per heavy atom. The van der Waals surface area contributed by atoms with Crippen LogP contribution in [-0.2, 0) is 9.47 Å². The van der Waals surface area contributed by atoms with Crippen molar-refractivity contribution in [3.05, 3.63) is 70.0 Å². The van der Waals surface area contributed by atoms with Crippen LogP contribution in [0.2, 0.25) is 0 Å². The van der Waals surface area contributed by atoms with Crippen LogP contribution in [-0.4, -0.2) is 84.5 Å². The summed E-state index contributed by atoms with van der Waals surface area (Å²) in [6.07, 6.45) is 2.06. The van der Waals surface area contributed by atoms with E-state index in [9.17, 15) is 0 Å². The minimum Gasteiger partial charge on any atom is -0.489 e. The van der Waals surface area contributed by atoms with Crippen LogP contribution in [0.1, 0.15) is 55.4 Å². The molecule has 7 aliphatic heterocycles. The van der Waals surface area contributed by atoms with Crippen LogP contribution in [0.5, 0.6) is 57.5 Å². The van der Waals surface area contributed by atoms with Crippen molar-refractivity contribution in [1.82, 2.24) is 0 Å². The number of ether oxygens (including phenoxy) is 12. The monoisotopic (exact) mass is 1010 g/mol. The molecule has 18 heteroatoms. The van der Waals surface area contributed by atoms with Gasteiger partial charge in [-0.05, 0) is 12.3 Å². The Balaban J connectivity index is 0.000000879. The Morgan fingerprint density at radius 3 is 1.02 bits per heavy atom. The van der Waals surface area contributed by atoms with Gasteiger partial charge in [0.15, 0.2) is 69.0 Å². The number of rotatable bonds is 0. The molecule has 7 aliphatic rings. The largest absolute Gasteiger partial charge is 0.489 e. The zero-order valence-corrected chi connectivity index (χ0v) is 43.3. The third kappa shape index (κ3) is 7.86. The van der Waals surface area contributed by atoms with E-state index in [1.54, 1.807) is 68.4 Å². The topological polar surface area (TPSA) is 111 Å². The van der Waals surface area contributed by atoms with Gasteiger partial charge in [0.2, 0.25) is 0 Å². The van der Waals surface area contributed by atoms with Gasteiger partial charge in [-0.1, -0.05) is 54.5 Å². The normalized spacial score (nSPS) is 21.6. The van der Waals surface area contributed by atoms with Crippen LogP contribution in [0.15, 0.2) is 24.7 Å². The van der Waals surface area contributed by atoms with Gasteiger partial charge in [0.1, 0.15) is 79.3 Å². The molecule has 354 valence electrons. The molecule has 0 amide bonds. The molecule has 0 radical (unpaired) electrons. The van der Waals surface area contributed by atoms with Crippen LogP contribution in [0.3, 0.4) is 0 Å². The third-order valence-corrected chi connectivity index (χ3v) is 19.0. The summed E-state index contributed by atoms with van der Waals surface area (Å²) in [6.45, 7) is 28.2. The summed E-state index contributed by atoms with van der Waals surface area (Å²) in [4.78, 5) is 1.02. The third-order valence-electron chi connectivity index (χ3n) is 10.6. The molecule has 12 nitrogen and oxygen atoms in total. The average molecular weight is 1020 g/mol. The average Bonchev–Trinajstić information content (AvgIpc) is 4.24. The first-order valence-corrected chi connectivity index (χ1v) is 27.3. The van der Waals surface area contributed by atoms with E-state index in [1.165, 1.54) is 0 Å². The van der Waals surface area contributed by atoms with E-state index in [2.05, 4.69) is 40.0 Å². The smallest absolute Gasteiger partial charge is 0.181 e. The van der Waals surface area contributed by atoms with Crippen molar-refractivity contribution >= 4 is 79.4 Å². The molecule has 5 aromatic rings. The van der Waals surface area contributed by atoms with Crippen LogP contribution in [0.25, 0.3) is 11.0 Å². The molecule has 0 spiro atoms. The van der Waals surface area contributed by atoms with Gasteiger partial charge in [0, 0.05) is 0 Å². The van der Waals surface area contributed by atoms with Crippen molar-refractivity contribution in [2.45, 2.75) is 60.6 Å². The van der Waals surface area contributed by atoms with E-state index in [0.717, 1.165) is 79.0 Å². The molecule has 5 aromatic heterocycles. The number of fused-ring (bicyclic) bond motifs is 5. The van der Waals surface area contributed by atoms with E-state index < -0.39 is 0 Å². The first-order valence-electron chi connectivity index (χ1n) is 22.3. The molecule has 0 aliphatic carbocycles. The maximum Gasteiger partial charge on any atom is 0.181 e. The molecule has 0 fully saturated rings. The van der Waals surface area contributed by atoms with Crippen LogP contribution in [0.4, 0.5) is 0 Å². The molecule has 0 saturated carbocycles. The van der Waals surface area contributed by atoms with E-state index in [0.29, 0.717) is 120 Å². The number of thiophene rings is 5. The lowest BCUT2D eigenvalue weighted by Crippen LogP contribution is -2.26. The van der Waals surface area contributed by atoms with Gasteiger partial charge >= 0.3 is 0 Å². The van der Waals surface area contributed by atoms with E-state index in [1.807, 2.05) is 34.6 Å². The molecule has 1 atom stereocenters. The molecule has 0 aromatic carbocycles. The minimum absolute atomic E-state index is 0.0597. The van der Waals surface area contributed by atoms with Crippen molar-refractivity contribution in [3.63, 3.8) is 0 Å². The van der Waals surface area contributed by atoms with Crippen LogP contribution in [0, 0.1) is 41.7 Å². The van der Waals surface area contributed by atoms with E-state index >= 15 is 0 Å². The van der Waals surface area contributed by atoms with Gasteiger partial charge < -0.3 is 56.8 Å². The fourth-order valence-corrected chi connectivity index (χ4v) is 15.9. The number of hydrogen-bond donors (Lipinski definition) is 0. The summed E-state index contributed by atoms with van der Waals surface area (Å²) < 4.78 is 86.0. The van der Waals surface area contributed by atoms with Gasteiger partial charge in [-0.15, -0.1) is 81.6 Å². The van der Waals surface area contributed by atoms with Crippen molar-refractivity contribution in [1.29, 1.82) is 0 Å². The predicted octanol–water partition coefficient (Wildman–Crippen LogP) is 10.2. The lowest BCUT2D eigenvalue weighted by molar-refractivity contribution is 0.0634. The fourth-order valence-electron chi connectivity index (χ4n) is 8.07. The Labute approximate surface area is 406 Å². The van der Waals surface area contributed by atoms with Gasteiger partial charge in [-0.2, -0.15) is 0 Å². The summed E-state index contributed by atoms with van der Waals surface area (Å²) in [7, 11) is 0. The highest BCUT2D eigenvalue weighted by molar-refractivity contribution is 8.09. The molecular weight excluding hydrogens is 961 g/mol. The Hall–Kier alpha value is -4.33. The van der Waals surface area contributed by atoms with Crippen molar-refractivity contribution in [2.24, 2.45) is 5.41 Å². The lowest BCUT2D eigenvalue weighted by Gasteiger charge is -2.28. The Bertz CT molecular complexity index is 3210. The van der Waals surface area contributed by atoms with Crippen molar-refractivity contribution in [2.75, 3.05) is 79.3 Å². The number of thioether (sulfide) groups is 1. The molecule has 0 saturated heterocycles. The fraction of sp³-hybridized carbons (Fsp3) is 0.458. The molecule has 0 N–H and O–H groups in total. The summed E-state index contributed by atoms with van der Waals surface area (Å²) >= 11 is 9.85. The first kappa shape index (κ1) is 46.8.